The van der Waals surface area contributed by atoms with Crippen molar-refractivity contribution in [2.24, 2.45) is 5.73 Å². The van der Waals surface area contributed by atoms with Gasteiger partial charge in [0, 0.05) is 29.9 Å². The second-order valence-electron chi connectivity index (χ2n) is 4.38. The van der Waals surface area contributed by atoms with Crippen LogP contribution in [-0.4, -0.2) is 17.0 Å². The second kappa shape index (κ2) is 6.19. The number of nitrogens with two attached hydrogens (primary N) is 1. The first-order valence-electron chi connectivity index (χ1n) is 6.23. The van der Waals surface area contributed by atoms with Gasteiger partial charge in [-0.1, -0.05) is 6.07 Å². The van der Waals surface area contributed by atoms with Gasteiger partial charge in [0.05, 0.1) is 12.0 Å². The summed E-state index contributed by atoms with van der Waals surface area (Å²) < 4.78 is 10.7. The van der Waals surface area contributed by atoms with Gasteiger partial charge in [-0.15, -0.1) is 0 Å². The molecule has 0 fully saturated rings. The Morgan fingerprint density at radius 1 is 1.38 bits per heavy atom. The maximum atomic E-state index is 11.1. The number of ether oxygens (including phenoxy) is 2. The van der Waals surface area contributed by atoms with Gasteiger partial charge in [0.2, 0.25) is 11.6 Å². The van der Waals surface area contributed by atoms with E-state index in [1.807, 2.05) is 0 Å². The molecular weight excluding hydrogens is 274 g/mol. The summed E-state index contributed by atoms with van der Waals surface area (Å²) in [7, 11) is 1.47. The van der Waals surface area contributed by atoms with E-state index in [4.69, 9.17) is 15.2 Å². The van der Waals surface area contributed by atoms with Gasteiger partial charge in [0.15, 0.2) is 0 Å². The van der Waals surface area contributed by atoms with Gasteiger partial charge in [-0.3, -0.25) is 10.1 Å². The monoisotopic (exact) mass is 289 g/mol. The number of rotatable bonds is 5. The van der Waals surface area contributed by atoms with Crippen LogP contribution in [0, 0.1) is 10.1 Å². The molecule has 1 heterocycles. The van der Waals surface area contributed by atoms with Gasteiger partial charge in [0.25, 0.3) is 0 Å². The number of nitro benzene ring substituents is 1. The number of hydrogen-bond acceptors (Lipinski definition) is 6. The van der Waals surface area contributed by atoms with Crippen molar-refractivity contribution >= 4 is 5.69 Å². The van der Waals surface area contributed by atoms with Crippen molar-refractivity contribution in [1.82, 2.24) is 4.98 Å². The average Bonchev–Trinajstić information content (AvgIpc) is 2.47. The lowest BCUT2D eigenvalue weighted by Gasteiger charge is -2.12. The van der Waals surface area contributed by atoms with Gasteiger partial charge in [-0.2, -0.15) is 0 Å². The van der Waals surface area contributed by atoms with Gasteiger partial charge >= 0.3 is 5.69 Å². The quantitative estimate of drug-likeness (QED) is 0.671. The van der Waals surface area contributed by atoms with E-state index >= 15 is 0 Å². The van der Waals surface area contributed by atoms with Crippen LogP contribution in [-0.2, 0) is 0 Å². The summed E-state index contributed by atoms with van der Waals surface area (Å²) in [5, 5.41) is 11.1. The first-order valence-corrected chi connectivity index (χ1v) is 6.23. The molecule has 21 heavy (non-hydrogen) atoms. The molecule has 1 aromatic heterocycles. The maximum absolute atomic E-state index is 11.1. The van der Waals surface area contributed by atoms with Gasteiger partial charge < -0.3 is 15.2 Å². The smallest absolute Gasteiger partial charge is 0.311 e. The lowest BCUT2D eigenvalue weighted by Crippen LogP contribution is -2.07. The molecule has 2 aromatic rings. The SMILES string of the molecule is COc1ccc([N+](=O)[O-])c(Oc2ncccc2C(C)N)c1. The average molecular weight is 289 g/mol. The van der Waals surface area contributed by atoms with Crippen LogP contribution in [0.25, 0.3) is 0 Å². The lowest BCUT2D eigenvalue weighted by molar-refractivity contribution is -0.385. The third kappa shape index (κ3) is 3.26. The highest BCUT2D eigenvalue weighted by molar-refractivity contribution is 5.52. The summed E-state index contributed by atoms with van der Waals surface area (Å²) in [5.74, 6) is 0.748. The zero-order valence-corrected chi connectivity index (χ0v) is 11.6. The van der Waals surface area contributed by atoms with Crippen molar-refractivity contribution < 1.29 is 14.4 Å². The Bertz CT molecular complexity index is 658. The molecule has 0 spiro atoms. The Balaban J connectivity index is 2.45. The summed E-state index contributed by atoms with van der Waals surface area (Å²) in [6.07, 6.45) is 1.53. The Hall–Kier alpha value is -2.67. The van der Waals surface area contributed by atoms with Crippen LogP contribution < -0.4 is 15.2 Å². The summed E-state index contributed by atoms with van der Waals surface area (Å²) in [6, 6.07) is 7.44. The van der Waals surface area contributed by atoms with E-state index in [0.717, 1.165) is 0 Å². The molecule has 7 nitrogen and oxygen atoms in total. The van der Waals surface area contributed by atoms with Crippen LogP contribution in [0.1, 0.15) is 18.5 Å². The molecule has 7 heteroatoms. The Kier molecular flexibility index (Phi) is 4.34. The highest BCUT2D eigenvalue weighted by Gasteiger charge is 2.19. The van der Waals surface area contributed by atoms with Crippen molar-refractivity contribution in [2.45, 2.75) is 13.0 Å². The summed E-state index contributed by atoms with van der Waals surface area (Å²) >= 11 is 0. The zero-order chi connectivity index (χ0) is 15.4. The fourth-order valence-corrected chi connectivity index (χ4v) is 1.79. The van der Waals surface area contributed by atoms with Crippen LogP contribution in [0.5, 0.6) is 17.4 Å². The fraction of sp³-hybridized carbons (Fsp3) is 0.214. The molecule has 0 saturated heterocycles. The molecule has 2 rings (SSSR count). The number of nitrogens with zero attached hydrogens (tertiary/aromatic N) is 2. The van der Waals surface area contributed by atoms with Crippen molar-refractivity contribution in [1.29, 1.82) is 0 Å². The predicted octanol–water partition coefficient (Wildman–Crippen LogP) is 2.81. The van der Waals surface area contributed by atoms with Crippen molar-refractivity contribution in [2.75, 3.05) is 7.11 Å². The van der Waals surface area contributed by atoms with Crippen LogP contribution in [0.2, 0.25) is 0 Å². The molecule has 2 N–H and O–H groups in total. The van der Waals surface area contributed by atoms with E-state index in [-0.39, 0.29) is 23.4 Å². The minimum absolute atomic E-state index is 0.0555. The molecule has 0 amide bonds. The molecule has 1 aromatic carbocycles. The normalized spacial score (nSPS) is 11.8. The highest BCUT2D eigenvalue weighted by atomic mass is 16.6. The van der Waals surface area contributed by atoms with Gasteiger partial charge in [0.1, 0.15) is 5.75 Å². The molecule has 0 radical (unpaired) electrons. The third-order valence-electron chi connectivity index (χ3n) is 2.86. The Morgan fingerprint density at radius 2 is 2.14 bits per heavy atom. The summed E-state index contributed by atoms with van der Waals surface area (Å²) in [6.45, 7) is 1.78. The number of aromatic nitrogens is 1. The molecular formula is C14H15N3O4. The standard InChI is InChI=1S/C14H15N3O4/c1-9(15)11-4-3-7-16-14(11)21-13-8-10(20-2)5-6-12(13)17(18)19/h3-9H,15H2,1-2H3. The molecule has 1 atom stereocenters. The Morgan fingerprint density at radius 3 is 2.76 bits per heavy atom. The van der Waals surface area contributed by atoms with Crippen LogP contribution in [0.15, 0.2) is 36.5 Å². The van der Waals surface area contributed by atoms with Crippen molar-refractivity contribution in [3.63, 3.8) is 0 Å². The van der Waals surface area contributed by atoms with E-state index in [9.17, 15) is 10.1 Å². The predicted molar refractivity (Wildman–Crippen MR) is 76.6 cm³/mol. The summed E-state index contributed by atoms with van der Waals surface area (Å²) in [5.41, 5.74) is 6.34. The Labute approximate surface area is 121 Å². The third-order valence-corrected chi connectivity index (χ3v) is 2.86. The van der Waals surface area contributed by atoms with Crippen molar-refractivity contribution in [3.8, 4) is 17.4 Å². The number of hydrogen-bond donors (Lipinski definition) is 1. The first-order chi connectivity index (χ1) is 10.0. The molecule has 0 aliphatic carbocycles. The summed E-state index contributed by atoms with van der Waals surface area (Å²) in [4.78, 5) is 14.6. The minimum Gasteiger partial charge on any atom is -0.497 e. The maximum Gasteiger partial charge on any atom is 0.311 e. The molecule has 0 bridgehead atoms. The molecule has 1 unspecified atom stereocenters. The molecule has 0 aliphatic heterocycles. The van der Waals surface area contributed by atoms with E-state index in [2.05, 4.69) is 4.98 Å². The van der Waals surface area contributed by atoms with Crippen LogP contribution >= 0.6 is 0 Å². The topological polar surface area (TPSA) is 101 Å². The molecule has 110 valence electrons. The van der Waals surface area contributed by atoms with Gasteiger partial charge in [-0.05, 0) is 19.1 Å². The van der Waals surface area contributed by atoms with Crippen LogP contribution in [0.3, 0.4) is 0 Å². The van der Waals surface area contributed by atoms with Crippen LogP contribution in [0.4, 0.5) is 5.69 Å². The number of methoxy groups -OCH3 is 1. The van der Waals surface area contributed by atoms with Gasteiger partial charge in [-0.25, -0.2) is 4.98 Å². The zero-order valence-electron chi connectivity index (χ0n) is 11.6. The van der Waals surface area contributed by atoms with Crippen molar-refractivity contribution in [3.05, 3.63) is 52.2 Å². The van der Waals surface area contributed by atoms with E-state index in [1.165, 1.54) is 31.5 Å². The lowest BCUT2D eigenvalue weighted by atomic mass is 10.1. The minimum atomic E-state index is -0.525. The number of benzene rings is 1. The number of nitro groups is 1. The highest BCUT2D eigenvalue weighted by Crippen LogP contribution is 2.35. The molecule has 0 saturated carbocycles. The van der Waals surface area contributed by atoms with E-state index in [0.29, 0.717) is 11.3 Å². The van der Waals surface area contributed by atoms with E-state index < -0.39 is 4.92 Å². The second-order valence-corrected chi connectivity index (χ2v) is 4.38. The largest absolute Gasteiger partial charge is 0.497 e. The fourth-order valence-electron chi connectivity index (χ4n) is 1.79. The number of pyridine rings is 1. The molecule has 0 aliphatic rings. The first kappa shape index (κ1) is 14.7. The van der Waals surface area contributed by atoms with E-state index in [1.54, 1.807) is 19.1 Å².